The Morgan fingerprint density at radius 1 is 1.15 bits per heavy atom. The summed E-state index contributed by atoms with van der Waals surface area (Å²) in [6, 6.07) is 0. The summed E-state index contributed by atoms with van der Waals surface area (Å²) in [6.07, 6.45) is 11.4. The van der Waals surface area contributed by atoms with Crippen LogP contribution in [0.25, 0.3) is 0 Å². The van der Waals surface area contributed by atoms with Crippen LogP contribution in [0.5, 0.6) is 0 Å². The van der Waals surface area contributed by atoms with Crippen molar-refractivity contribution in [2.24, 2.45) is 34.5 Å². The number of allylic oxidation sites excluding steroid dienone is 1. The SMILES string of the molecule is C=C1[C@@H](C(C)(C)CCC)CC[C@]2(C)[C@@H]([C@H](C)CCCC(C)(C)O)CC[C@@H]12. The summed E-state index contributed by atoms with van der Waals surface area (Å²) in [5.74, 6) is 3.05. The lowest BCUT2D eigenvalue weighted by Gasteiger charge is -2.50. The summed E-state index contributed by atoms with van der Waals surface area (Å²) in [4.78, 5) is 0. The first-order valence-corrected chi connectivity index (χ1v) is 11.3. The van der Waals surface area contributed by atoms with E-state index in [-0.39, 0.29) is 0 Å². The average Bonchev–Trinajstić information content (AvgIpc) is 2.84. The third kappa shape index (κ3) is 4.57. The first kappa shape index (κ1) is 22.0. The van der Waals surface area contributed by atoms with Crippen molar-refractivity contribution >= 4 is 0 Å². The topological polar surface area (TPSA) is 20.2 Å². The Morgan fingerprint density at radius 3 is 2.38 bits per heavy atom. The monoisotopic (exact) mass is 362 g/mol. The van der Waals surface area contributed by atoms with Gasteiger partial charge in [0.1, 0.15) is 0 Å². The van der Waals surface area contributed by atoms with Crippen LogP contribution in [0, 0.1) is 34.5 Å². The zero-order chi connectivity index (χ0) is 19.8. The summed E-state index contributed by atoms with van der Waals surface area (Å²) in [6.45, 7) is 20.9. The van der Waals surface area contributed by atoms with Crippen LogP contribution < -0.4 is 0 Å². The molecular weight excluding hydrogens is 316 g/mol. The minimum atomic E-state index is -0.515. The molecule has 0 spiro atoms. The van der Waals surface area contributed by atoms with E-state index in [2.05, 4.69) is 41.2 Å². The number of aliphatic hydroxyl groups is 1. The Kier molecular flexibility index (Phi) is 6.75. The number of hydrogen-bond acceptors (Lipinski definition) is 1. The van der Waals surface area contributed by atoms with Crippen molar-refractivity contribution < 1.29 is 5.11 Å². The van der Waals surface area contributed by atoms with Gasteiger partial charge >= 0.3 is 0 Å². The Morgan fingerprint density at radius 2 is 1.81 bits per heavy atom. The van der Waals surface area contributed by atoms with Gasteiger partial charge in [-0.3, -0.25) is 0 Å². The van der Waals surface area contributed by atoms with Gasteiger partial charge in [0.15, 0.2) is 0 Å². The lowest BCUT2D eigenvalue weighted by molar-refractivity contribution is 0.0433. The molecule has 0 amide bonds. The van der Waals surface area contributed by atoms with Crippen molar-refractivity contribution in [1.29, 1.82) is 0 Å². The molecule has 0 aromatic heterocycles. The summed E-state index contributed by atoms with van der Waals surface area (Å²) in [5.41, 5.74) is 1.94. The molecule has 0 saturated heterocycles. The smallest absolute Gasteiger partial charge is 0.0591 e. The molecule has 2 saturated carbocycles. The molecular formula is C25H46O. The predicted molar refractivity (Wildman–Crippen MR) is 114 cm³/mol. The molecule has 0 radical (unpaired) electrons. The molecule has 2 rings (SSSR count). The molecule has 152 valence electrons. The van der Waals surface area contributed by atoms with Gasteiger partial charge in [0.25, 0.3) is 0 Å². The summed E-state index contributed by atoms with van der Waals surface area (Å²) in [5, 5.41) is 10.0. The highest BCUT2D eigenvalue weighted by atomic mass is 16.3. The van der Waals surface area contributed by atoms with Gasteiger partial charge in [-0.15, -0.1) is 0 Å². The quantitative estimate of drug-likeness (QED) is 0.446. The number of rotatable bonds is 8. The molecule has 0 unspecified atom stereocenters. The highest BCUT2D eigenvalue weighted by Gasteiger charge is 2.53. The van der Waals surface area contributed by atoms with E-state index in [1.54, 1.807) is 5.57 Å². The summed E-state index contributed by atoms with van der Waals surface area (Å²) in [7, 11) is 0. The molecule has 2 aliphatic carbocycles. The van der Waals surface area contributed by atoms with E-state index in [9.17, 15) is 5.11 Å². The minimum Gasteiger partial charge on any atom is -0.390 e. The highest BCUT2D eigenvalue weighted by molar-refractivity contribution is 5.20. The van der Waals surface area contributed by atoms with Crippen LogP contribution in [0.2, 0.25) is 0 Å². The standard InChI is InChI=1S/C25H46O/c1-9-15-23(4,5)21-14-17-25(8)20(12-13-22(25)19(21)3)18(2)11-10-16-24(6,7)26/h18,20-22,26H,3,9-17H2,1-2,4-8H3/t18-,20-,21+,22+,25-/m1/s1. The molecule has 26 heavy (non-hydrogen) atoms. The van der Waals surface area contributed by atoms with Gasteiger partial charge in [-0.2, -0.15) is 0 Å². The molecule has 5 atom stereocenters. The molecule has 0 bridgehead atoms. The molecule has 1 nitrogen and oxygen atoms in total. The normalized spacial score (nSPS) is 34.0. The zero-order valence-corrected chi connectivity index (χ0v) is 18.8. The van der Waals surface area contributed by atoms with Crippen LogP contribution in [0.1, 0.15) is 106 Å². The molecule has 0 aliphatic heterocycles. The maximum absolute atomic E-state index is 10.0. The number of fused-ring (bicyclic) bond motifs is 1. The van der Waals surface area contributed by atoms with E-state index in [1.165, 1.54) is 44.9 Å². The second-order valence-corrected chi connectivity index (χ2v) is 11.3. The second-order valence-electron chi connectivity index (χ2n) is 11.3. The summed E-state index contributed by atoms with van der Waals surface area (Å²) < 4.78 is 0. The third-order valence-corrected chi connectivity index (χ3v) is 8.25. The van der Waals surface area contributed by atoms with Gasteiger partial charge in [-0.25, -0.2) is 0 Å². The fourth-order valence-electron chi connectivity index (χ4n) is 6.82. The van der Waals surface area contributed by atoms with Crippen molar-refractivity contribution in [1.82, 2.24) is 0 Å². The fourth-order valence-corrected chi connectivity index (χ4v) is 6.82. The van der Waals surface area contributed by atoms with Crippen molar-refractivity contribution in [2.45, 2.75) is 112 Å². The molecule has 1 heteroatoms. The van der Waals surface area contributed by atoms with E-state index in [0.29, 0.717) is 16.7 Å². The van der Waals surface area contributed by atoms with Crippen LogP contribution in [-0.4, -0.2) is 10.7 Å². The van der Waals surface area contributed by atoms with Gasteiger partial charge in [0.2, 0.25) is 0 Å². The average molecular weight is 363 g/mol. The Balaban J connectivity index is 2.04. The van der Waals surface area contributed by atoms with Crippen LogP contribution in [-0.2, 0) is 0 Å². The first-order valence-electron chi connectivity index (χ1n) is 11.3. The molecule has 0 aromatic rings. The van der Waals surface area contributed by atoms with Gasteiger partial charge < -0.3 is 5.11 Å². The van der Waals surface area contributed by atoms with Gasteiger partial charge in [0, 0.05) is 0 Å². The minimum absolute atomic E-state index is 0.406. The van der Waals surface area contributed by atoms with E-state index < -0.39 is 5.60 Å². The van der Waals surface area contributed by atoms with Gasteiger partial charge in [-0.05, 0) is 86.9 Å². The summed E-state index contributed by atoms with van der Waals surface area (Å²) >= 11 is 0. The molecule has 0 aromatic carbocycles. The van der Waals surface area contributed by atoms with Crippen LogP contribution in [0.3, 0.4) is 0 Å². The van der Waals surface area contributed by atoms with Crippen molar-refractivity contribution in [3.8, 4) is 0 Å². The second kappa shape index (κ2) is 7.98. The fraction of sp³-hybridized carbons (Fsp3) is 0.920. The van der Waals surface area contributed by atoms with Crippen molar-refractivity contribution in [3.05, 3.63) is 12.2 Å². The number of hydrogen-bond donors (Lipinski definition) is 1. The Hall–Kier alpha value is -0.300. The van der Waals surface area contributed by atoms with Crippen LogP contribution in [0.4, 0.5) is 0 Å². The Bertz CT molecular complexity index is 483. The zero-order valence-electron chi connectivity index (χ0n) is 18.8. The molecule has 0 heterocycles. The van der Waals surface area contributed by atoms with E-state index in [4.69, 9.17) is 0 Å². The van der Waals surface area contributed by atoms with Gasteiger partial charge in [-0.1, -0.05) is 66.0 Å². The molecule has 2 fully saturated rings. The van der Waals surface area contributed by atoms with Crippen molar-refractivity contribution in [3.63, 3.8) is 0 Å². The predicted octanol–water partition coefficient (Wildman–Crippen LogP) is 7.39. The first-order chi connectivity index (χ1) is 11.9. The van der Waals surface area contributed by atoms with E-state index >= 15 is 0 Å². The van der Waals surface area contributed by atoms with E-state index in [1.807, 2.05) is 13.8 Å². The lowest BCUT2D eigenvalue weighted by atomic mass is 9.54. The highest BCUT2D eigenvalue weighted by Crippen LogP contribution is 2.63. The van der Waals surface area contributed by atoms with Crippen molar-refractivity contribution in [2.75, 3.05) is 0 Å². The van der Waals surface area contributed by atoms with E-state index in [0.717, 1.165) is 30.6 Å². The lowest BCUT2D eigenvalue weighted by Crippen LogP contribution is -2.42. The largest absolute Gasteiger partial charge is 0.390 e. The van der Waals surface area contributed by atoms with Gasteiger partial charge in [0.05, 0.1) is 5.60 Å². The Labute approximate surface area is 164 Å². The third-order valence-electron chi connectivity index (χ3n) is 8.25. The maximum Gasteiger partial charge on any atom is 0.0591 e. The van der Waals surface area contributed by atoms with Crippen LogP contribution in [0.15, 0.2) is 12.2 Å². The molecule has 1 N–H and O–H groups in total. The maximum atomic E-state index is 10.0. The molecule has 2 aliphatic rings. The van der Waals surface area contributed by atoms with Crippen LogP contribution >= 0.6 is 0 Å².